The summed E-state index contributed by atoms with van der Waals surface area (Å²) in [6.45, 7) is 0. The molecular formula is C19H16F3NO3. The number of ketones is 1. The van der Waals surface area contributed by atoms with Crippen molar-refractivity contribution in [2.45, 2.75) is 36.9 Å². The highest BCUT2D eigenvalue weighted by Crippen LogP contribution is 2.45. The number of carbonyl (C=O) groups is 1. The summed E-state index contributed by atoms with van der Waals surface area (Å²) in [5.74, 6) is -2.13. The van der Waals surface area contributed by atoms with E-state index in [1.165, 1.54) is 18.2 Å². The largest absolute Gasteiger partial charge is 0.416 e. The number of rotatable bonds is 3. The number of Topliss-reactive ketones (excluding diaryl/α,β-unsaturated/α-hetero) is 1. The lowest BCUT2D eigenvalue weighted by Crippen LogP contribution is -2.41. The van der Waals surface area contributed by atoms with E-state index in [0.717, 1.165) is 6.07 Å². The summed E-state index contributed by atoms with van der Waals surface area (Å²) < 4.78 is 40.2. The number of nitro groups is 1. The van der Waals surface area contributed by atoms with E-state index in [1.807, 2.05) is 0 Å². The van der Waals surface area contributed by atoms with Crippen molar-refractivity contribution >= 4 is 5.78 Å². The van der Waals surface area contributed by atoms with Gasteiger partial charge in [0.1, 0.15) is 5.78 Å². The molecular weight excluding hydrogens is 347 g/mol. The Hall–Kier alpha value is -2.70. The normalized spacial score (nSPS) is 23.7. The van der Waals surface area contributed by atoms with Crippen LogP contribution in [0.4, 0.5) is 13.2 Å². The molecule has 26 heavy (non-hydrogen) atoms. The van der Waals surface area contributed by atoms with E-state index in [-0.39, 0.29) is 24.2 Å². The van der Waals surface area contributed by atoms with Crippen molar-refractivity contribution in [2.75, 3.05) is 0 Å². The summed E-state index contributed by atoms with van der Waals surface area (Å²) in [5.41, 5.74) is -0.509. The first-order valence-electron chi connectivity index (χ1n) is 8.15. The lowest BCUT2D eigenvalue weighted by Gasteiger charge is -2.33. The Kier molecular flexibility index (Phi) is 4.80. The predicted octanol–water partition coefficient (Wildman–Crippen LogP) is 4.58. The first kappa shape index (κ1) is 18.1. The van der Waals surface area contributed by atoms with E-state index in [0.29, 0.717) is 5.56 Å². The molecule has 3 rings (SSSR count). The van der Waals surface area contributed by atoms with Gasteiger partial charge in [-0.05, 0) is 17.2 Å². The van der Waals surface area contributed by atoms with E-state index in [9.17, 15) is 28.1 Å². The maximum atomic E-state index is 13.4. The zero-order chi connectivity index (χ0) is 18.9. The minimum Gasteiger partial charge on any atom is -0.300 e. The topological polar surface area (TPSA) is 60.2 Å². The minimum absolute atomic E-state index is 0.0413. The first-order chi connectivity index (χ1) is 12.3. The van der Waals surface area contributed by atoms with Gasteiger partial charge in [-0.2, -0.15) is 13.2 Å². The number of nitrogens with zero attached hydrogens (tertiary/aromatic N) is 1. The summed E-state index contributed by atoms with van der Waals surface area (Å²) in [5, 5.41) is 11.8. The molecule has 1 aliphatic rings. The van der Waals surface area contributed by atoms with Crippen LogP contribution in [0.2, 0.25) is 0 Å². The highest BCUT2D eigenvalue weighted by atomic mass is 19.4. The van der Waals surface area contributed by atoms with Gasteiger partial charge in [-0.1, -0.05) is 48.5 Å². The summed E-state index contributed by atoms with van der Waals surface area (Å²) >= 11 is 0. The van der Waals surface area contributed by atoms with Crippen molar-refractivity contribution < 1.29 is 22.9 Å². The average molecular weight is 363 g/mol. The molecule has 3 atom stereocenters. The smallest absolute Gasteiger partial charge is 0.300 e. The highest BCUT2D eigenvalue weighted by Gasteiger charge is 2.48. The van der Waals surface area contributed by atoms with Crippen LogP contribution in [0, 0.1) is 10.1 Å². The minimum atomic E-state index is -4.64. The van der Waals surface area contributed by atoms with E-state index >= 15 is 0 Å². The van der Waals surface area contributed by atoms with Gasteiger partial charge in [0.15, 0.2) is 0 Å². The zero-order valence-corrected chi connectivity index (χ0v) is 13.6. The fourth-order valence-corrected chi connectivity index (χ4v) is 3.78. The molecule has 0 spiro atoms. The maximum absolute atomic E-state index is 13.4. The monoisotopic (exact) mass is 363 g/mol. The third-order valence-electron chi connectivity index (χ3n) is 4.86. The zero-order valence-electron chi connectivity index (χ0n) is 13.6. The van der Waals surface area contributed by atoms with E-state index in [2.05, 4.69) is 0 Å². The third kappa shape index (κ3) is 3.47. The molecule has 1 aliphatic carbocycles. The Morgan fingerprint density at radius 2 is 1.50 bits per heavy atom. The third-order valence-corrected chi connectivity index (χ3v) is 4.86. The Labute approximate surface area is 147 Å². The van der Waals surface area contributed by atoms with Gasteiger partial charge in [-0.15, -0.1) is 0 Å². The molecule has 0 saturated heterocycles. The standard InChI is InChI=1S/C19H16F3NO3/c20-19(21,22)17-9-5-4-8-14(17)16-11-13(24)10-15(18(16)23(25)26)12-6-2-1-3-7-12/h1-9,15-16,18H,10-11H2/t15-,16-,18+/m0/s1. The van der Waals surface area contributed by atoms with Crippen LogP contribution in [0.15, 0.2) is 54.6 Å². The van der Waals surface area contributed by atoms with Crippen molar-refractivity contribution in [3.63, 3.8) is 0 Å². The Morgan fingerprint density at radius 1 is 0.923 bits per heavy atom. The lowest BCUT2D eigenvalue weighted by atomic mass is 9.70. The number of hydrogen-bond donors (Lipinski definition) is 0. The summed E-state index contributed by atoms with van der Waals surface area (Å²) in [4.78, 5) is 23.5. The summed E-state index contributed by atoms with van der Waals surface area (Å²) in [6, 6.07) is 12.0. The number of benzene rings is 2. The molecule has 0 aromatic heterocycles. The Morgan fingerprint density at radius 3 is 2.12 bits per heavy atom. The van der Waals surface area contributed by atoms with Gasteiger partial charge in [0.25, 0.3) is 0 Å². The molecule has 1 fully saturated rings. The van der Waals surface area contributed by atoms with Crippen LogP contribution in [0.25, 0.3) is 0 Å². The molecule has 0 radical (unpaired) electrons. The van der Waals surface area contributed by atoms with Gasteiger partial charge in [0, 0.05) is 17.8 Å². The predicted molar refractivity (Wildman–Crippen MR) is 88.4 cm³/mol. The second-order valence-electron chi connectivity index (χ2n) is 6.43. The second kappa shape index (κ2) is 6.90. The van der Waals surface area contributed by atoms with Crippen molar-refractivity contribution in [3.8, 4) is 0 Å². The Bertz CT molecular complexity index is 820. The van der Waals surface area contributed by atoms with Crippen LogP contribution in [0.3, 0.4) is 0 Å². The second-order valence-corrected chi connectivity index (χ2v) is 6.43. The highest BCUT2D eigenvalue weighted by molar-refractivity contribution is 5.81. The van der Waals surface area contributed by atoms with Gasteiger partial charge in [0.05, 0.1) is 17.4 Å². The number of alkyl halides is 3. The van der Waals surface area contributed by atoms with Crippen LogP contribution in [-0.2, 0) is 11.0 Å². The van der Waals surface area contributed by atoms with E-state index in [4.69, 9.17) is 0 Å². The molecule has 136 valence electrons. The lowest BCUT2D eigenvalue weighted by molar-refractivity contribution is -0.532. The molecule has 2 aromatic rings. The maximum Gasteiger partial charge on any atom is 0.416 e. The molecule has 0 unspecified atom stereocenters. The van der Waals surface area contributed by atoms with Crippen LogP contribution >= 0.6 is 0 Å². The van der Waals surface area contributed by atoms with E-state index < -0.39 is 34.5 Å². The fraction of sp³-hybridized carbons (Fsp3) is 0.316. The molecule has 0 amide bonds. The molecule has 0 N–H and O–H groups in total. The van der Waals surface area contributed by atoms with Gasteiger partial charge >= 0.3 is 6.18 Å². The summed E-state index contributed by atoms with van der Waals surface area (Å²) in [7, 11) is 0. The van der Waals surface area contributed by atoms with E-state index in [1.54, 1.807) is 30.3 Å². The number of halogens is 3. The molecule has 1 saturated carbocycles. The van der Waals surface area contributed by atoms with Crippen LogP contribution < -0.4 is 0 Å². The molecule has 0 bridgehead atoms. The molecule has 7 heteroatoms. The van der Waals surface area contributed by atoms with Crippen molar-refractivity contribution in [3.05, 3.63) is 81.4 Å². The quantitative estimate of drug-likeness (QED) is 0.592. The molecule has 0 heterocycles. The Balaban J connectivity index is 2.11. The van der Waals surface area contributed by atoms with Crippen LogP contribution in [-0.4, -0.2) is 16.7 Å². The fourth-order valence-electron chi connectivity index (χ4n) is 3.78. The van der Waals surface area contributed by atoms with Gasteiger partial charge in [0.2, 0.25) is 6.04 Å². The summed E-state index contributed by atoms with van der Waals surface area (Å²) in [6.07, 6.45) is -4.94. The van der Waals surface area contributed by atoms with Gasteiger partial charge in [-0.25, -0.2) is 0 Å². The van der Waals surface area contributed by atoms with Gasteiger partial charge in [-0.3, -0.25) is 14.9 Å². The van der Waals surface area contributed by atoms with Crippen molar-refractivity contribution in [2.24, 2.45) is 0 Å². The average Bonchev–Trinajstić information content (AvgIpc) is 2.60. The van der Waals surface area contributed by atoms with Crippen molar-refractivity contribution in [1.29, 1.82) is 0 Å². The number of hydrogen-bond acceptors (Lipinski definition) is 3. The molecule has 0 aliphatic heterocycles. The number of carbonyl (C=O) groups excluding carboxylic acids is 1. The van der Waals surface area contributed by atoms with Crippen LogP contribution in [0.5, 0.6) is 0 Å². The molecule has 4 nitrogen and oxygen atoms in total. The molecule has 2 aromatic carbocycles. The van der Waals surface area contributed by atoms with Crippen LogP contribution in [0.1, 0.15) is 41.4 Å². The SMILES string of the molecule is O=C1C[C@@H](c2ccccc2)[C@@H]([N+](=O)[O-])[C@H](c2ccccc2C(F)(F)F)C1. The van der Waals surface area contributed by atoms with Gasteiger partial charge < -0.3 is 0 Å². The first-order valence-corrected chi connectivity index (χ1v) is 8.15. The van der Waals surface area contributed by atoms with Crippen molar-refractivity contribution in [1.82, 2.24) is 0 Å².